The summed E-state index contributed by atoms with van der Waals surface area (Å²) < 4.78 is 38.9. The van der Waals surface area contributed by atoms with E-state index in [1.54, 1.807) is 30.3 Å². The second-order valence-corrected chi connectivity index (χ2v) is 6.58. The van der Waals surface area contributed by atoms with Crippen molar-refractivity contribution in [3.05, 3.63) is 65.2 Å². The number of halogens is 3. The highest BCUT2D eigenvalue weighted by Gasteiger charge is 2.31. The molecule has 2 aromatic rings. The van der Waals surface area contributed by atoms with Crippen LogP contribution in [0.2, 0.25) is 0 Å². The molecule has 0 aliphatic heterocycles. The van der Waals surface area contributed by atoms with Crippen LogP contribution in [0.25, 0.3) is 0 Å². The number of amides is 2. The number of hydrogen-bond acceptors (Lipinski definition) is 2. The van der Waals surface area contributed by atoms with Crippen LogP contribution in [0, 0.1) is 5.92 Å². The number of alkyl halides is 3. The Balaban J connectivity index is 2.21. The fourth-order valence-electron chi connectivity index (χ4n) is 2.68. The quantitative estimate of drug-likeness (QED) is 0.786. The van der Waals surface area contributed by atoms with Crippen molar-refractivity contribution in [1.82, 2.24) is 5.32 Å². The van der Waals surface area contributed by atoms with Crippen LogP contribution in [0.4, 0.5) is 18.9 Å². The van der Waals surface area contributed by atoms with Crippen LogP contribution in [0.3, 0.4) is 0 Å². The number of benzene rings is 2. The Morgan fingerprint density at radius 1 is 1.00 bits per heavy atom. The molecule has 27 heavy (non-hydrogen) atoms. The Bertz CT molecular complexity index is 815. The van der Waals surface area contributed by atoms with Crippen molar-refractivity contribution in [2.24, 2.45) is 5.92 Å². The zero-order valence-electron chi connectivity index (χ0n) is 15.2. The third-order valence-corrected chi connectivity index (χ3v) is 3.99. The number of rotatable bonds is 5. The average Bonchev–Trinajstić information content (AvgIpc) is 2.58. The van der Waals surface area contributed by atoms with Gasteiger partial charge in [-0.3, -0.25) is 9.59 Å². The summed E-state index contributed by atoms with van der Waals surface area (Å²) in [5, 5.41) is 5.39. The Kier molecular flexibility index (Phi) is 6.25. The molecule has 0 bridgehead atoms. The summed E-state index contributed by atoms with van der Waals surface area (Å²) in [5.41, 5.74) is 0.543. The Hall–Kier alpha value is -2.83. The molecule has 2 amide bonds. The van der Waals surface area contributed by atoms with Crippen molar-refractivity contribution in [3.63, 3.8) is 0 Å². The molecule has 144 valence electrons. The fourth-order valence-corrected chi connectivity index (χ4v) is 2.68. The minimum Gasteiger partial charge on any atom is -0.345 e. The second-order valence-electron chi connectivity index (χ2n) is 6.58. The predicted molar refractivity (Wildman–Crippen MR) is 97.2 cm³/mol. The van der Waals surface area contributed by atoms with Crippen molar-refractivity contribution >= 4 is 17.5 Å². The molecule has 0 radical (unpaired) electrons. The van der Waals surface area contributed by atoms with E-state index in [-0.39, 0.29) is 11.8 Å². The van der Waals surface area contributed by atoms with Crippen molar-refractivity contribution < 1.29 is 22.8 Å². The lowest BCUT2D eigenvalue weighted by molar-refractivity contribution is -0.137. The predicted octanol–water partition coefficient (Wildman–Crippen LogP) is 4.79. The van der Waals surface area contributed by atoms with Crippen molar-refractivity contribution in [3.8, 4) is 0 Å². The van der Waals surface area contributed by atoms with Gasteiger partial charge in [-0.2, -0.15) is 13.2 Å². The van der Waals surface area contributed by atoms with Gasteiger partial charge < -0.3 is 10.6 Å². The number of hydrogen-bond donors (Lipinski definition) is 2. The van der Waals surface area contributed by atoms with Crippen LogP contribution >= 0.6 is 0 Å². The molecule has 2 N–H and O–H groups in total. The SMILES string of the molecule is CC(=O)Nc1ccc(C(=O)NC(c2cccc(C(F)(F)F)c2)C(C)C)cc1. The Morgan fingerprint density at radius 2 is 1.63 bits per heavy atom. The zero-order valence-corrected chi connectivity index (χ0v) is 15.2. The van der Waals surface area contributed by atoms with Gasteiger partial charge in [-0.1, -0.05) is 26.0 Å². The molecular formula is C20H21F3N2O2. The van der Waals surface area contributed by atoms with E-state index >= 15 is 0 Å². The molecule has 1 unspecified atom stereocenters. The maximum atomic E-state index is 13.0. The first-order valence-corrected chi connectivity index (χ1v) is 8.43. The standard InChI is InChI=1S/C20H21F3N2O2/c1-12(2)18(15-5-4-6-16(11-15)20(21,22)23)25-19(27)14-7-9-17(10-8-14)24-13(3)26/h4-12,18H,1-3H3,(H,24,26)(H,25,27). The summed E-state index contributed by atoms with van der Waals surface area (Å²) in [5.74, 6) is -0.742. The summed E-state index contributed by atoms with van der Waals surface area (Å²) in [6.07, 6.45) is -4.44. The van der Waals surface area contributed by atoms with E-state index in [1.165, 1.54) is 13.0 Å². The van der Waals surface area contributed by atoms with Crippen molar-refractivity contribution in [2.75, 3.05) is 5.32 Å². The fraction of sp³-hybridized carbons (Fsp3) is 0.300. The summed E-state index contributed by atoms with van der Waals surface area (Å²) in [7, 11) is 0. The van der Waals surface area contributed by atoms with Gasteiger partial charge >= 0.3 is 6.18 Å². The molecule has 0 aromatic heterocycles. The number of nitrogens with one attached hydrogen (secondary N) is 2. The molecule has 2 rings (SSSR count). The lowest BCUT2D eigenvalue weighted by Crippen LogP contribution is -2.32. The Morgan fingerprint density at radius 3 is 2.15 bits per heavy atom. The molecule has 0 aliphatic rings. The van der Waals surface area contributed by atoms with Crippen LogP contribution in [0.1, 0.15) is 48.3 Å². The first kappa shape index (κ1) is 20.5. The lowest BCUT2D eigenvalue weighted by atomic mass is 9.94. The number of carbonyl (C=O) groups is 2. The first-order valence-electron chi connectivity index (χ1n) is 8.43. The van der Waals surface area contributed by atoms with Gasteiger partial charge in [0.15, 0.2) is 0 Å². The van der Waals surface area contributed by atoms with Crippen LogP contribution in [0.5, 0.6) is 0 Å². The molecule has 0 saturated carbocycles. The van der Waals surface area contributed by atoms with E-state index in [0.29, 0.717) is 16.8 Å². The van der Waals surface area contributed by atoms with E-state index in [4.69, 9.17) is 0 Å². The van der Waals surface area contributed by atoms with Gasteiger partial charge in [-0.05, 0) is 47.9 Å². The largest absolute Gasteiger partial charge is 0.416 e. The average molecular weight is 378 g/mol. The van der Waals surface area contributed by atoms with Gasteiger partial charge in [0.25, 0.3) is 5.91 Å². The van der Waals surface area contributed by atoms with Crippen LogP contribution in [-0.2, 0) is 11.0 Å². The molecule has 0 saturated heterocycles. The normalized spacial score (nSPS) is 12.6. The van der Waals surface area contributed by atoms with Gasteiger partial charge in [0.05, 0.1) is 11.6 Å². The smallest absolute Gasteiger partial charge is 0.345 e. The summed E-state index contributed by atoms with van der Waals surface area (Å²) in [6.45, 7) is 5.03. The van der Waals surface area contributed by atoms with Gasteiger partial charge in [0, 0.05) is 18.2 Å². The number of anilines is 1. The van der Waals surface area contributed by atoms with Gasteiger partial charge in [-0.25, -0.2) is 0 Å². The highest BCUT2D eigenvalue weighted by atomic mass is 19.4. The topological polar surface area (TPSA) is 58.2 Å². The summed E-state index contributed by atoms with van der Waals surface area (Å²) in [6, 6.07) is 10.7. The van der Waals surface area contributed by atoms with Crippen molar-refractivity contribution in [1.29, 1.82) is 0 Å². The summed E-state index contributed by atoms with van der Waals surface area (Å²) in [4.78, 5) is 23.6. The van der Waals surface area contributed by atoms with E-state index in [2.05, 4.69) is 10.6 Å². The zero-order chi connectivity index (χ0) is 20.2. The Labute approximate surface area is 155 Å². The summed E-state index contributed by atoms with van der Waals surface area (Å²) >= 11 is 0. The molecular weight excluding hydrogens is 357 g/mol. The van der Waals surface area contributed by atoms with Gasteiger partial charge in [0.1, 0.15) is 0 Å². The van der Waals surface area contributed by atoms with Crippen molar-refractivity contribution in [2.45, 2.75) is 33.0 Å². The molecule has 0 aliphatic carbocycles. The maximum absolute atomic E-state index is 13.0. The molecule has 0 fully saturated rings. The third-order valence-electron chi connectivity index (χ3n) is 3.99. The van der Waals surface area contributed by atoms with Crippen LogP contribution in [0.15, 0.2) is 48.5 Å². The van der Waals surface area contributed by atoms with Crippen LogP contribution in [-0.4, -0.2) is 11.8 Å². The van der Waals surface area contributed by atoms with E-state index in [9.17, 15) is 22.8 Å². The van der Waals surface area contributed by atoms with E-state index in [1.807, 2.05) is 13.8 Å². The first-order chi connectivity index (χ1) is 12.6. The third kappa shape index (κ3) is 5.57. The molecule has 0 heterocycles. The van der Waals surface area contributed by atoms with Crippen LogP contribution < -0.4 is 10.6 Å². The second kappa shape index (κ2) is 8.24. The lowest BCUT2D eigenvalue weighted by Gasteiger charge is -2.24. The van der Waals surface area contributed by atoms with Gasteiger partial charge in [-0.15, -0.1) is 0 Å². The van der Waals surface area contributed by atoms with Gasteiger partial charge in [0.2, 0.25) is 5.91 Å². The molecule has 4 nitrogen and oxygen atoms in total. The van der Waals surface area contributed by atoms with E-state index < -0.39 is 23.7 Å². The highest BCUT2D eigenvalue weighted by Crippen LogP contribution is 2.32. The minimum absolute atomic E-state index is 0.115. The van der Waals surface area contributed by atoms with E-state index in [0.717, 1.165) is 12.1 Å². The molecule has 7 heteroatoms. The maximum Gasteiger partial charge on any atom is 0.416 e. The molecule has 0 spiro atoms. The molecule has 2 aromatic carbocycles. The molecule has 1 atom stereocenters. The monoisotopic (exact) mass is 378 g/mol. The highest BCUT2D eigenvalue weighted by molar-refractivity contribution is 5.95. The minimum atomic E-state index is -4.44. The number of carbonyl (C=O) groups excluding carboxylic acids is 2.